The van der Waals surface area contributed by atoms with Crippen LogP contribution in [-0.4, -0.2) is 20.6 Å². The Bertz CT molecular complexity index is 569. The summed E-state index contributed by atoms with van der Waals surface area (Å²) in [7, 11) is 0. The van der Waals surface area contributed by atoms with Crippen LogP contribution < -0.4 is 5.69 Å². The van der Waals surface area contributed by atoms with Gasteiger partial charge in [0.05, 0.1) is 6.42 Å². The molecule has 1 aromatic rings. The maximum atomic E-state index is 12.2. The van der Waals surface area contributed by atoms with Crippen molar-refractivity contribution in [3.05, 3.63) is 27.4 Å². The van der Waals surface area contributed by atoms with Crippen molar-refractivity contribution in [2.75, 3.05) is 0 Å². The molecule has 110 valence electrons. The van der Waals surface area contributed by atoms with Gasteiger partial charge >= 0.3 is 11.7 Å². The molecule has 0 bridgehead atoms. The maximum Gasteiger partial charge on any atom is 0.348 e. The summed E-state index contributed by atoms with van der Waals surface area (Å²) in [4.78, 5) is 27.2. The second-order valence-electron chi connectivity index (χ2n) is 5.90. The molecule has 1 fully saturated rings. The molecule has 0 saturated heterocycles. The lowest BCUT2D eigenvalue weighted by atomic mass is 9.87. The van der Waals surface area contributed by atoms with E-state index in [0.717, 1.165) is 31.4 Å². The molecule has 2 rings (SSSR count). The second-order valence-corrected chi connectivity index (χ2v) is 5.90. The molecule has 0 aromatic carbocycles. The van der Waals surface area contributed by atoms with Crippen LogP contribution in [-0.2, 0) is 11.2 Å². The van der Waals surface area contributed by atoms with Gasteiger partial charge in [0.15, 0.2) is 0 Å². The number of carboxylic acid groups (broad SMARTS) is 1. The zero-order valence-electron chi connectivity index (χ0n) is 12.3. The van der Waals surface area contributed by atoms with Gasteiger partial charge in [0.25, 0.3) is 0 Å². The van der Waals surface area contributed by atoms with E-state index in [4.69, 9.17) is 5.11 Å². The maximum absolute atomic E-state index is 12.2. The van der Waals surface area contributed by atoms with Crippen molar-refractivity contribution in [2.24, 2.45) is 5.92 Å². The molecule has 0 unspecified atom stereocenters. The number of aliphatic carboxylic acids is 1. The summed E-state index contributed by atoms with van der Waals surface area (Å²) >= 11 is 0. The van der Waals surface area contributed by atoms with E-state index in [1.165, 1.54) is 0 Å². The Kier molecular flexibility index (Phi) is 4.26. The van der Waals surface area contributed by atoms with Crippen LogP contribution in [0, 0.1) is 19.8 Å². The van der Waals surface area contributed by atoms with E-state index in [1.807, 2.05) is 6.92 Å². The number of aryl methyl sites for hydroxylation is 1. The molecule has 0 aliphatic heterocycles. The van der Waals surface area contributed by atoms with Crippen molar-refractivity contribution in [3.8, 4) is 0 Å². The Labute approximate surface area is 118 Å². The van der Waals surface area contributed by atoms with Crippen molar-refractivity contribution in [3.63, 3.8) is 0 Å². The molecule has 0 spiro atoms. The molecule has 1 saturated carbocycles. The van der Waals surface area contributed by atoms with E-state index in [0.29, 0.717) is 17.2 Å². The van der Waals surface area contributed by atoms with Gasteiger partial charge < -0.3 is 5.11 Å². The number of carboxylic acids is 1. The van der Waals surface area contributed by atoms with Gasteiger partial charge in [0.1, 0.15) is 0 Å². The largest absolute Gasteiger partial charge is 0.481 e. The third-order valence-corrected chi connectivity index (χ3v) is 4.38. The molecular weight excluding hydrogens is 256 g/mol. The Morgan fingerprint density at radius 3 is 2.45 bits per heavy atom. The van der Waals surface area contributed by atoms with Crippen molar-refractivity contribution < 1.29 is 9.90 Å². The molecule has 0 atom stereocenters. The predicted octanol–water partition coefficient (Wildman–Crippen LogP) is 2.24. The van der Waals surface area contributed by atoms with Gasteiger partial charge in [-0.1, -0.05) is 6.92 Å². The zero-order chi connectivity index (χ0) is 14.9. The van der Waals surface area contributed by atoms with Gasteiger partial charge in [0.2, 0.25) is 0 Å². The first kappa shape index (κ1) is 14.8. The average Bonchev–Trinajstić information content (AvgIpc) is 2.36. The van der Waals surface area contributed by atoms with Gasteiger partial charge in [-0.15, -0.1) is 0 Å². The van der Waals surface area contributed by atoms with Gasteiger partial charge in [0, 0.05) is 23.0 Å². The van der Waals surface area contributed by atoms with Gasteiger partial charge in [-0.3, -0.25) is 9.36 Å². The van der Waals surface area contributed by atoms with Crippen molar-refractivity contribution >= 4 is 5.97 Å². The van der Waals surface area contributed by atoms with E-state index in [-0.39, 0.29) is 18.2 Å². The lowest BCUT2D eigenvalue weighted by Crippen LogP contribution is -2.33. The highest BCUT2D eigenvalue weighted by molar-refractivity contribution is 5.70. The smallest absolute Gasteiger partial charge is 0.348 e. The second kappa shape index (κ2) is 5.77. The van der Waals surface area contributed by atoms with E-state index in [2.05, 4.69) is 11.9 Å². The first-order valence-electron chi connectivity index (χ1n) is 7.20. The van der Waals surface area contributed by atoms with E-state index < -0.39 is 5.97 Å². The van der Waals surface area contributed by atoms with Gasteiger partial charge in [-0.2, -0.15) is 4.98 Å². The van der Waals surface area contributed by atoms with Crippen LogP contribution in [0.25, 0.3) is 0 Å². The van der Waals surface area contributed by atoms with E-state index in [1.54, 1.807) is 11.5 Å². The monoisotopic (exact) mass is 278 g/mol. The number of aromatic nitrogens is 2. The Balaban J connectivity index is 2.42. The summed E-state index contributed by atoms with van der Waals surface area (Å²) in [6.45, 7) is 5.78. The number of carbonyl (C=O) groups is 1. The molecule has 1 aliphatic carbocycles. The van der Waals surface area contributed by atoms with Crippen molar-refractivity contribution in [1.82, 2.24) is 9.55 Å². The molecule has 0 radical (unpaired) electrons. The Hall–Kier alpha value is -1.65. The summed E-state index contributed by atoms with van der Waals surface area (Å²) in [5.41, 5.74) is 1.74. The van der Waals surface area contributed by atoms with Crippen molar-refractivity contribution in [2.45, 2.75) is 58.9 Å². The van der Waals surface area contributed by atoms with Gasteiger partial charge in [-0.25, -0.2) is 4.79 Å². The molecule has 1 N–H and O–H groups in total. The fraction of sp³-hybridized carbons (Fsp3) is 0.667. The minimum absolute atomic E-state index is 0.0753. The summed E-state index contributed by atoms with van der Waals surface area (Å²) in [6, 6.07) is 0.166. The minimum atomic E-state index is -0.888. The first-order chi connectivity index (χ1) is 9.40. The molecule has 5 heteroatoms. The topological polar surface area (TPSA) is 72.2 Å². The number of hydrogen-bond acceptors (Lipinski definition) is 3. The molecule has 1 heterocycles. The highest BCUT2D eigenvalue weighted by atomic mass is 16.4. The highest BCUT2D eigenvalue weighted by Crippen LogP contribution is 2.32. The fourth-order valence-electron chi connectivity index (χ4n) is 3.15. The van der Waals surface area contributed by atoms with Crippen LogP contribution in [0.15, 0.2) is 4.79 Å². The third-order valence-electron chi connectivity index (χ3n) is 4.38. The van der Waals surface area contributed by atoms with Crippen LogP contribution in [0.2, 0.25) is 0 Å². The average molecular weight is 278 g/mol. The quantitative estimate of drug-likeness (QED) is 0.920. The molecule has 1 aliphatic rings. The minimum Gasteiger partial charge on any atom is -0.481 e. The normalized spacial score (nSPS) is 22.8. The summed E-state index contributed by atoms with van der Waals surface area (Å²) < 4.78 is 1.72. The summed E-state index contributed by atoms with van der Waals surface area (Å²) in [5, 5.41) is 9.01. The lowest BCUT2D eigenvalue weighted by molar-refractivity contribution is -0.136. The molecule has 1 aromatic heterocycles. The standard InChI is InChI=1S/C15H22N2O3/c1-9-4-6-12(7-5-9)17-11(3)13(8-14(18)19)10(2)16-15(17)20/h9,12H,4-8H2,1-3H3,(H,18,19). The Morgan fingerprint density at radius 2 is 1.90 bits per heavy atom. The molecular formula is C15H22N2O3. The van der Waals surface area contributed by atoms with E-state index in [9.17, 15) is 9.59 Å². The lowest BCUT2D eigenvalue weighted by Gasteiger charge is -2.29. The molecule has 0 amide bonds. The van der Waals surface area contributed by atoms with Crippen LogP contribution >= 0.6 is 0 Å². The number of rotatable bonds is 3. The van der Waals surface area contributed by atoms with Crippen LogP contribution in [0.5, 0.6) is 0 Å². The summed E-state index contributed by atoms with van der Waals surface area (Å²) in [5.74, 6) is -0.181. The van der Waals surface area contributed by atoms with Gasteiger partial charge in [-0.05, 0) is 45.4 Å². The number of nitrogens with zero attached hydrogens (tertiary/aromatic N) is 2. The van der Waals surface area contributed by atoms with E-state index >= 15 is 0 Å². The first-order valence-corrected chi connectivity index (χ1v) is 7.20. The SMILES string of the molecule is Cc1nc(=O)n(C2CCC(C)CC2)c(C)c1CC(=O)O. The zero-order valence-corrected chi connectivity index (χ0v) is 12.3. The van der Waals surface area contributed by atoms with Crippen LogP contribution in [0.4, 0.5) is 0 Å². The van der Waals surface area contributed by atoms with Crippen molar-refractivity contribution in [1.29, 1.82) is 0 Å². The van der Waals surface area contributed by atoms with Crippen LogP contribution in [0.1, 0.15) is 55.6 Å². The Morgan fingerprint density at radius 1 is 1.30 bits per heavy atom. The van der Waals surface area contributed by atoms with Crippen LogP contribution in [0.3, 0.4) is 0 Å². The molecule has 5 nitrogen and oxygen atoms in total. The predicted molar refractivity (Wildman–Crippen MR) is 76.0 cm³/mol. The number of hydrogen-bond donors (Lipinski definition) is 1. The fourth-order valence-corrected chi connectivity index (χ4v) is 3.15. The molecule has 20 heavy (non-hydrogen) atoms. The summed E-state index contributed by atoms with van der Waals surface area (Å²) in [6.07, 6.45) is 4.09. The highest BCUT2D eigenvalue weighted by Gasteiger charge is 2.24. The third kappa shape index (κ3) is 2.92.